The summed E-state index contributed by atoms with van der Waals surface area (Å²) in [6.07, 6.45) is 2.19. The molecule has 0 saturated heterocycles. The molecule has 1 aromatic carbocycles. The summed E-state index contributed by atoms with van der Waals surface area (Å²) < 4.78 is 12.9. The van der Waals surface area contributed by atoms with Crippen molar-refractivity contribution < 1.29 is 9.18 Å². The van der Waals surface area contributed by atoms with Crippen LogP contribution in [0.15, 0.2) is 23.1 Å². The Bertz CT molecular complexity index is 323. The van der Waals surface area contributed by atoms with Crippen LogP contribution >= 0.6 is 11.8 Å². The molecule has 0 radical (unpaired) electrons. The van der Waals surface area contributed by atoms with Crippen LogP contribution in [0.1, 0.15) is 12.5 Å². The first-order valence-electron chi connectivity index (χ1n) is 3.94. The van der Waals surface area contributed by atoms with Crippen LogP contribution in [0.5, 0.6) is 0 Å². The van der Waals surface area contributed by atoms with Crippen molar-refractivity contribution in [2.24, 2.45) is 0 Å². The van der Waals surface area contributed by atoms with E-state index in [9.17, 15) is 9.18 Å². The largest absolute Gasteiger partial charge is 0.300 e. The summed E-state index contributed by atoms with van der Waals surface area (Å²) in [5, 5.41) is 0. The Morgan fingerprint density at radius 3 is 2.69 bits per heavy atom. The molecule has 70 valence electrons. The van der Waals surface area contributed by atoms with Gasteiger partial charge in [0.05, 0.1) is 0 Å². The number of hydrogen-bond donors (Lipinski definition) is 0. The fraction of sp³-hybridized carbons (Fsp3) is 0.300. The Labute approximate surface area is 81.3 Å². The van der Waals surface area contributed by atoms with Crippen LogP contribution in [0.25, 0.3) is 0 Å². The van der Waals surface area contributed by atoms with Gasteiger partial charge in [-0.3, -0.25) is 4.79 Å². The first-order valence-corrected chi connectivity index (χ1v) is 5.17. The fourth-order valence-electron chi connectivity index (χ4n) is 1.13. The van der Waals surface area contributed by atoms with Crippen LogP contribution in [-0.4, -0.2) is 12.0 Å². The summed E-state index contributed by atoms with van der Waals surface area (Å²) in [5.41, 5.74) is 0.747. The summed E-state index contributed by atoms with van der Waals surface area (Å²) in [5.74, 6) is -0.222. The zero-order valence-electron chi connectivity index (χ0n) is 7.63. The van der Waals surface area contributed by atoms with Gasteiger partial charge in [-0.25, -0.2) is 4.39 Å². The molecule has 0 aliphatic rings. The Kier molecular flexibility index (Phi) is 3.48. The third-order valence-electron chi connectivity index (χ3n) is 1.62. The van der Waals surface area contributed by atoms with Gasteiger partial charge in [0.15, 0.2) is 0 Å². The van der Waals surface area contributed by atoms with Gasteiger partial charge in [-0.15, -0.1) is 11.8 Å². The molecule has 0 spiro atoms. The molecule has 1 rings (SSSR count). The van der Waals surface area contributed by atoms with Gasteiger partial charge in [0, 0.05) is 11.3 Å². The quantitative estimate of drug-likeness (QED) is 0.694. The van der Waals surface area contributed by atoms with Crippen molar-refractivity contribution in [1.82, 2.24) is 0 Å². The molecule has 1 nitrogen and oxygen atoms in total. The van der Waals surface area contributed by atoms with E-state index in [2.05, 4.69) is 0 Å². The predicted octanol–water partition coefficient (Wildman–Crippen LogP) is 2.68. The second-order valence-electron chi connectivity index (χ2n) is 2.88. The van der Waals surface area contributed by atoms with E-state index in [4.69, 9.17) is 0 Å². The van der Waals surface area contributed by atoms with Crippen molar-refractivity contribution in [1.29, 1.82) is 0 Å². The third kappa shape index (κ3) is 3.19. The fourth-order valence-corrected chi connectivity index (χ4v) is 1.63. The molecule has 0 atom stereocenters. The highest BCUT2D eigenvalue weighted by Gasteiger charge is 2.02. The average Bonchev–Trinajstić information content (AvgIpc) is 2.01. The maximum Gasteiger partial charge on any atom is 0.134 e. The molecule has 13 heavy (non-hydrogen) atoms. The van der Waals surface area contributed by atoms with E-state index in [1.54, 1.807) is 0 Å². The summed E-state index contributed by atoms with van der Waals surface area (Å²) in [7, 11) is 0. The van der Waals surface area contributed by atoms with Crippen LogP contribution < -0.4 is 0 Å². The molecule has 3 heteroatoms. The zero-order chi connectivity index (χ0) is 9.84. The normalized spacial score (nSPS) is 10.1. The lowest BCUT2D eigenvalue weighted by Crippen LogP contribution is -1.97. The van der Waals surface area contributed by atoms with Gasteiger partial charge in [-0.1, -0.05) is 0 Å². The molecule has 0 heterocycles. The van der Waals surface area contributed by atoms with E-state index in [-0.39, 0.29) is 11.6 Å². The van der Waals surface area contributed by atoms with Crippen molar-refractivity contribution in [2.45, 2.75) is 18.2 Å². The average molecular weight is 198 g/mol. The number of ketones is 1. The van der Waals surface area contributed by atoms with Crippen LogP contribution in [0.3, 0.4) is 0 Å². The third-order valence-corrected chi connectivity index (χ3v) is 2.33. The molecule has 0 unspecified atom stereocenters. The van der Waals surface area contributed by atoms with Crippen molar-refractivity contribution in [3.05, 3.63) is 29.6 Å². The zero-order valence-corrected chi connectivity index (χ0v) is 8.45. The van der Waals surface area contributed by atoms with Gasteiger partial charge in [0.2, 0.25) is 0 Å². The second kappa shape index (κ2) is 4.42. The highest BCUT2D eigenvalue weighted by molar-refractivity contribution is 7.98. The molecule has 0 aliphatic heterocycles. The predicted molar refractivity (Wildman–Crippen MR) is 52.6 cm³/mol. The van der Waals surface area contributed by atoms with Gasteiger partial charge in [0.1, 0.15) is 11.6 Å². The topological polar surface area (TPSA) is 17.1 Å². The first-order chi connectivity index (χ1) is 6.11. The lowest BCUT2D eigenvalue weighted by atomic mass is 10.1. The maximum atomic E-state index is 12.9. The lowest BCUT2D eigenvalue weighted by Gasteiger charge is -2.01. The van der Waals surface area contributed by atoms with Gasteiger partial charge in [0.25, 0.3) is 0 Å². The Morgan fingerprint density at radius 2 is 2.15 bits per heavy atom. The van der Waals surface area contributed by atoms with E-state index < -0.39 is 0 Å². The highest BCUT2D eigenvalue weighted by Crippen LogP contribution is 2.18. The molecule has 0 aromatic heterocycles. The van der Waals surface area contributed by atoms with E-state index in [1.807, 2.05) is 12.3 Å². The summed E-state index contributed by atoms with van der Waals surface area (Å²) in [4.78, 5) is 11.7. The summed E-state index contributed by atoms with van der Waals surface area (Å²) >= 11 is 1.47. The van der Waals surface area contributed by atoms with Gasteiger partial charge in [-0.05, 0) is 36.9 Å². The number of hydrogen-bond acceptors (Lipinski definition) is 2. The second-order valence-corrected chi connectivity index (χ2v) is 3.76. The first kappa shape index (κ1) is 10.3. The minimum atomic E-state index is -0.275. The molecule has 1 aromatic rings. The van der Waals surface area contributed by atoms with Crippen LogP contribution in [0.4, 0.5) is 4.39 Å². The number of halogens is 1. The van der Waals surface area contributed by atoms with Crippen molar-refractivity contribution >= 4 is 17.5 Å². The summed E-state index contributed by atoms with van der Waals surface area (Å²) in [6.45, 7) is 1.50. The van der Waals surface area contributed by atoms with Gasteiger partial charge >= 0.3 is 0 Å². The SMILES string of the molecule is CSc1cc(F)cc(CC(C)=O)c1. The van der Waals surface area contributed by atoms with Gasteiger partial charge < -0.3 is 0 Å². The molecular formula is C10H11FOS. The number of benzene rings is 1. The number of carbonyl (C=O) groups is 1. The van der Waals surface area contributed by atoms with E-state index in [1.165, 1.54) is 30.8 Å². The molecule has 0 amide bonds. The standard InChI is InChI=1S/C10H11FOS/c1-7(12)3-8-4-9(11)6-10(5-8)13-2/h4-6H,3H2,1-2H3. The molecule has 0 N–H and O–H groups in total. The van der Waals surface area contributed by atoms with Crippen LogP contribution in [0.2, 0.25) is 0 Å². The van der Waals surface area contributed by atoms with E-state index in [0.29, 0.717) is 6.42 Å². The molecule has 0 fully saturated rings. The monoisotopic (exact) mass is 198 g/mol. The van der Waals surface area contributed by atoms with Crippen LogP contribution in [-0.2, 0) is 11.2 Å². The van der Waals surface area contributed by atoms with Gasteiger partial charge in [-0.2, -0.15) is 0 Å². The molecule has 0 bridgehead atoms. The number of rotatable bonds is 3. The molecule has 0 saturated carbocycles. The summed E-state index contributed by atoms with van der Waals surface area (Å²) in [6, 6.07) is 4.71. The minimum absolute atomic E-state index is 0.0534. The minimum Gasteiger partial charge on any atom is -0.300 e. The Hall–Kier alpha value is -0.830. The van der Waals surface area contributed by atoms with Crippen molar-refractivity contribution in [2.75, 3.05) is 6.26 Å². The Morgan fingerprint density at radius 1 is 1.46 bits per heavy atom. The maximum absolute atomic E-state index is 12.9. The number of carbonyl (C=O) groups excluding carboxylic acids is 1. The van der Waals surface area contributed by atoms with Crippen LogP contribution in [0, 0.1) is 5.82 Å². The lowest BCUT2D eigenvalue weighted by molar-refractivity contribution is -0.116. The van der Waals surface area contributed by atoms with E-state index >= 15 is 0 Å². The Balaban J connectivity index is 2.94. The highest BCUT2D eigenvalue weighted by atomic mass is 32.2. The number of thioether (sulfide) groups is 1. The number of Topliss-reactive ketones (excluding diaryl/α,β-unsaturated/α-hetero) is 1. The van der Waals surface area contributed by atoms with Crippen molar-refractivity contribution in [3.8, 4) is 0 Å². The molecule has 0 aliphatic carbocycles. The smallest absolute Gasteiger partial charge is 0.134 e. The molecular weight excluding hydrogens is 187 g/mol. The van der Waals surface area contributed by atoms with Crippen molar-refractivity contribution in [3.63, 3.8) is 0 Å². The van der Waals surface area contributed by atoms with E-state index in [0.717, 1.165) is 10.5 Å².